The third-order valence-electron chi connectivity index (χ3n) is 2.03. The Bertz CT molecular complexity index is 662. The maximum atomic E-state index is 12.2. The van der Waals surface area contributed by atoms with Gasteiger partial charge in [0.2, 0.25) is 0 Å². The maximum absolute atomic E-state index is 12.2. The minimum absolute atomic E-state index is 0.255. The summed E-state index contributed by atoms with van der Waals surface area (Å²) in [5.74, 6) is 0. The van der Waals surface area contributed by atoms with E-state index in [0.29, 0.717) is 19.1 Å². The monoisotopic (exact) mass is 473 g/mol. The molecule has 2 aromatic rings. The molecule has 0 amide bonds. The Morgan fingerprint density at radius 2 is 1.61 bits per heavy atom. The van der Waals surface area contributed by atoms with Gasteiger partial charge in [-0.15, -0.1) is 11.3 Å². The van der Waals surface area contributed by atoms with Crippen LogP contribution in [0.2, 0.25) is 0 Å². The average Bonchev–Trinajstić information content (AvgIpc) is 2.71. The number of hydrogen-bond donors (Lipinski definition) is 1. The fourth-order valence-corrected chi connectivity index (χ4v) is 6.15. The standard InChI is InChI=1S/C10H6Br3NO2S2/c11-6-2-1-3-7(12)9(6)14-18(15,16)10-8(13)4-5-17-10/h1-5,14H. The van der Waals surface area contributed by atoms with Crippen LogP contribution in [0.4, 0.5) is 5.69 Å². The molecule has 0 bridgehead atoms. The summed E-state index contributed by atoms with van der Waals surface area (Å²) in [5, 5.41) is 1.72. The first kappa shape index (κ1) is 14.5. The van der Waals surface area contributed by atoms with E-state index < -0.39 is 10.0 Å². The summed E-state index contributed by atoms with van der Waals surface area (Å²) in [6, 6.07) is 7.06. The number of rotatable bonds is 3. The number of halogens is 3. The van der Waals surface area contributed by atoms with Gasteiger partial charge in [-0.2, -0.15) is 0 Å². The first-order chi connectivity index (χ1) is 8.42. The molecule has 0 unspecified atom stereocenters. The van der Waals surface area contributed by atoms with Gasteiger partial charge in [0.25, 0.3) is 10.0 Å². The lowest BCUT2D eigenvalue weighted by Gasteiger charge is -2.10. The lowest BCUT2D eigenvalue weighted by Crippen LogP contribution is -2.12. The minimum Gasteiger partial charge on any atom is -0.277 e. The number of sulfonamides is 1. The van der Waals surface area contributed by atoms with Crippen LogP contribution in [0.3, 0.4) is 0 Å². The molecule has 2 rings (SSSR count). The van der Waals surface area contributed by atoms with Gasteiger partial charge in [-0.05, 0) is 71.4 Å². The van der Waals surface area contributed by atoms with Crippen LogP contribution in [-0.2, 0) is 10.0 Å². The molecule has 0 saturated carbocycles. The first-order valence-electron chi connectivity index (χ1n) is 4.61. The molecule has 0 radical (unpaired) electrons. The van der Waals surface area contributed by atoms with Crippen LogP contribution in [-0.4, -0.2) is 8.42 Å². The highest BCUT2D eigenvalue weighted by molar-refractivity contribution is 9.11. The first-order valence-corrected chi connectivity index (χ1v) is 9.36. The van der Waals surface area contributed by atoms with E-state index in [1.165, 1.54) is 0 Å². The number of benzene rings is 1. The van der Waals surface area contributed by atoms with Gasteiger partial charge in [-0.1, -0.05) is 6.07 Å². The zero-order chi connectivity index (χ0) is 13.3. The van der Waals surface area contributed by atoms with Crippen molar-refractivity contribution in [3.05, 3.63) is 43.1 Å². The zero-order valence-electron chi connectivity index (χ0n) is 8.65. The van der Waals surface area contributed by atoms with Crippen LogP contribution < -0.4 is 4.72 Å². The van der Waals surface area contributed by atoms with Crippen molar-refractivity contribution >= 4 is 74.8 Å². The molecule has 18 heavy (non-hydrogen) atoms. The number of thiophene rings is 1. The van der Waals surface area contributed by atoms with E-state index in [2.05, 4.69) is 52.5 Å². The maximum Gasteiger partial charge on any atom is 0.272 e. The highest BCUT2D eigenvalue weighted by Gasteiger charge is 2.21. The molecule has 96 valence electrons. The van der Waals surface area contributed by atoms with E-state index in [1.54, 1.807) is 23.6 Å². The van der Waals surface area contributed by atoms with Crippen LogP contribution >= 0.6 is 59.1 Å². The van der Waals surface area contributed by atoms with Gasteiger partial charge >= 0.3 is 0 Å². The lowest BCUT2D eigenvalue weighted by molar-refractivity contribution is 0.603. The lowest BCUT2D eigenvalue weighted by atomic mass is 10.3. The molecule has 1 N–H and O–H groups in total. The van der Waals surface area contributed by atoms with Gasteiger partial charge in [0, 0.05) is 13.4 Å². The highest BCUT2D eigenvalue weighted by atomic mass is 79.9. The summed E-state index contributed by atoms with van der Waals surface area (Å²) in [5.41, 5.74) is 0.484. The fraction of sp³-hybridized carbons (Fsp3) is 0. The Labute approximate surface area is 134 Å². The highest BCUT2D eigenvalue weighted by Crippen LogP contribution is 2.35. The number of anilines is 1. The van der Waals surface area contributed by atoms with Crippen molar-refractivity contribution in [3.8, 4) is 0 Å². The SMILES string of the molecule is O=S(=O)(Nc1c(Br)cccc1Br)c1sccc1Br. The van der Waals surface area contributed by atoms with Crippen LogP contribution in [0.5, 0.6) is 0 Å². The van der Waals surface area contributed by atoms with Crippen molar-refractivity contribution in [1.82, 2.24) is 0 Å². The van der Waals surface area contributed by atoms with Crippen LogP contribution in [0.1, 0.15) is 0 Å². The van der Waals surface area contributed by atoms with Gasteiger partial charge in [-0.3, -0.25) is 4.72 Å². The third-order valence-corrected chi connectivity index (χ3v) is 7.37. The molecule has 0 aliphatic heterocycles. The second-order valence-electron chi connectivity index (χ2n) is 3.26. The van der Waals surface area contributed by atoms with Gasteiger partial charge in [-0.25, -0.2) is 8.42 Å². The summed E-state index contributed by atoms with van der Waals surface area (Å²) in [7, 11) is -3.58. The van der Waals surface area contributed by atoms with Gasteiger partial charge in [0.05, 0.1) is 5.69 Å². The van der Waals surface area contributed by atoms with E-state index in [-0.39, 0.29) is 4.21 Å². The molecule has 1 aromatic heterocycles. The topological polar surface area (TPSA) is 46.2 Å². The normalized spacial score (nSPS) is 11.5. The van der Waals surface area contributed by atoms with Gasteiger partial charge in [0.1, 0.15) is 0 Å². The number of nitrogens with one attached hydrogen (secondary N) is 1. The second-order valence-corrected chi connectivity index (χ2v) is 8.61. The molecule has 1 heterocycles. The predicted molar refractivity (Wildman–Crippen MR) is 84.7 cm³/mol. The Morgan fingerprint density at radius 3 is 2.11 bits per heavy atom. The van der Waals surface area contributed by atoms with Crippen LogP contribution in [0, 0.1) is 0 Å². The van der Waals surface area contributed by atoms with Crippen molar-refractivity contribution in [2.75, 3.05) is 4.72 Å². The summed E-state index contributed by atoms with van der Waals surface area (Å²) in [6.07, 6.45) is 0. The summed E-state index contributed by atoms with van der Waals surface area (Å²) < 4.78 is 29.1. The molecular weight excluding hydrogens is 470 g/mol. The third kappa shape index (κ3) is 2.98. The molecule has 0 aliphatic rings. The molecule has 0 atom stereocenters. The molecule has 3 nitrogen and oxygen atoms in total. The molecule has 0 saturated heterocycles. The molecular formula is C10H6Br3NO2S2. The largest absolute Gasteiger partial charge is 0.277 e. The van der Waals surface area contributed by atoms with E-state index in [1.807, 2.05) is 6.07 Å². The summed E-state index contributed by atoms with van der Waals surface area (Å²) in [4.78, 5) is 0. The molecule has 0 fully saturated rings. The Hall–Kier alpha value is 0.110. The molecule has 8 heteroatoms. The predicted octanol–water partition coefficient (Wildman–Crippen LogP) is 4.84. The van der Waals surface area contributed by atoms with Crippen molar-refractivity contribution < 1.29 is 8.42 Å². The summed E-state index contributed by atoms with van der Waals surface area (Å²) in [6.45, 7) is 0. The van der Waals surface area contributed by atoms with E-state index >= 15 is 0 Å². The van der Waals surface area contributed by atoms with Crippen LogP contribution in [0.15, 0.2) is 47.3 Å². The van der Waals surface area contributed by atoms with Gasteiger partial charge < -0.3 is 0 Å². The van der Waals surface area contributed by atoms with Crippen molar-refractivity contribution in [2.45, 2.75) is 4.21 Å². The molecule has 1 aromatic carbocycles. The Balaban J connectivity index is 2.44. The van der Waals surface area contributed by atoms with Gasteiger partial charge in [0.15, 0.2) is 4.21 Å². The van der Waals surface area contributed by atoms with Crippen LogP contribution in [0.25, 0.3) is 0 Å². The summed E-state index contributed by atoms with van der Waals surface area (Å²) >= 11 is 11.0. The smallest absolute Gasteiger partial charge is 0.272 e. The number of para-hydroxylation sites is 1. The number of hydrogen-bond acceptors (Lipinski definition) is 3. The quantitative estimate of drug-likeness (QED) is 0.690. The average molecular weight is 476 g/mol. The van der Waals surface area contributed by atoms with Crippen molar-refractivity contribution in [1.29, 1.82) is 0 Å². The van der Waals surface area contributed by atoms with Crippen molar-refractivity contribution in [3.63, 3.8) is 0 Å². The zero-order valence-corrected chi connectivity index (χ0v) is 15.0. The Morgan fingerprint density at radius 1 is 1.00 bits per heavy atom. The molecule has 0 aliphatic carbocycles. The Kier molecular flexibility index (Phi) is 4.53. The van der Waals surface area contributed by atoms with E-state index in [0.717, 1.165) is 11.3 Å². The van der Waals surface area contributed by atoms with E-state index in [9.17, 15) is 8.42 Å². The molecule has 0 spiro atoms. The van der Waals surface area contributed by atoms with E-state index in [4.69, 9.17) is 0 Å². The minimum atomic E-state index is -3.58. The van der Waals surface area contributed by atoms with Crippen molar-refractivity contribution in [2.24, 2.45) is 0 Å². The second kappa shape index (κ2) is 5.62. The fourth-order valence-electron chi connectivity index (χ4n) is 1.25.